The molecule has 242 valence electrons. The normalized spacial score (nSPS) is 17.1. The molecule has 3 amide bonds. The maximum Gasteiger partial charge on any atom is 0.389 e. The van der Waals surface area contributed by atoms with Crippen LogP contribution in [0.25, 0.3) is 0 Å². The van der Waals surface area contributed by atoms with Crippen molar-refractivity contribution < 1.29 is 58.3 Å². The summed E-state index contributed by atoms with van der Waals surface area (Å²) in [6.45, 7) is -0.639. The number of fused-ring (bicyclic) bond motifs is 1. The van der Waals surface area contributed by atoms with Crippen LogP contribution in [-0.4, -0.2) is 42.7 Å². The molecule has 0 aromatic heterocycles. The smallest absolute Gasteiger partial charge is 0.369 e. The number of primary amides is 1. The molecule has 2 aromatic carbocycles. The molecule has 0 spiro atoms. The van der Waals surface area contributed by atoms with Crippen molar-refractivity contribution in [2.24, 2.45) is 17.6 Å². The van der Waals surface area contributed by atoms with Gasteiger partial charge in [-0.25, -0.2) is 17.6 Å². The molecule has 0 radical (unpaired) electrons. The van der Waals surface area contributed by atoms with Crippen molar-refractivity contribution in [2.75, 3.05) is 16.8 Å². The van der Waals surface area contributed by atoms with Gasteiger partial charge < -0.3 is 21.3 Å². The van der Waals surface area contributed by atoms with E-state index in [-0.39, 0.29) is 11.4 Å². The summed E-state index contributed by atoms with van der Waals surface area (Å²) < 4.78 is 133. The van der Waals surface area contributed by atoms with E-state index in [1.807, 2.05) is 0 Å². The third-order valence-electron chi connectivity index (χ3n) is 6.95. The highest BCUT2D eigenvalue weighted by atomic mass is 19.4. The van der Waals surface area contributed by atoms with Crippen molar-refractivity contribution in [1.82, 2.24) is 5.32 Å². The molecule has 1 aliphatic heterocycles. The zero-order valence-corrected chi connectivity index (χ0v) is 22.5. The highest BCUT2D eigenvalue weighted by Crippen LogP contribution is 2.41. The summed E-state index contributed by atoms with van der Waals surface area (Å²) in [5.74, 6) is -8.15. The van der Waals surface area contributed by atoms with Gasteiger partial charge in [-0.2, -0.15) is 26.3 Å². The molecule has 7 nitrogen and oxygen atoms in total. The van der Waals surface area contributed by atoms with Crippen LogP contribution in [0.3, 0.4) is 0 Å². The van der Waals surface area contributed by atoms with Gasteiger partial charge in [-0.15, -0.1) is 0 Å². The summed E-state index contributed by atoms with van der Waals surface area (Å²) in [4.78, 5) is 39.7. The summed E-state index contributed by atoms with van der Waals surface area (Å²) in [5.41, 5.74) is 3.43. The number of hydrogen-bond donors (Lipinski definition) is 3. The van der Waals surface area contributed by atoms with Crippen molar-refractivity contribution in [3.63, 3.8) is 0 Å². The average Bonchev–Trinajstić information content (AvgIpc) is 3.04. The first kappa shape index (κ1) is 34.4. The van der Waals surface area contributed by atoms with Crippen LogP contribution >= 0.6 is 0 Å². The number of hydrogen-bond acceptors (Lipinski definition) is 4. The lowest BCUT2D eigenvalue weighted by molar-refractivity contribution is -0.152. The van der Waals surface area contributed by atoms with Crippen LogP contribution in [0.5, 0.6) is 0 Å². The minimum absolute atomic E-state index is 0.0416. The first-order valence-corrected chi connectivity index (χ1v) is 13.0. The zero-order chi connectivity index (χ0) is 33.0. The van der Waals surface area contributed by atoms with Crippen molar-refractivity contribution in [2.45, 2.75) is 56.9 Å². The first-order valence-electron chi connectivity index (χ1n) is 13.0. The summed E-state index contributed by atoms with van der Waals surface area (Å²) in [7, 11) is 0. The van der Waals surface area contributed by atoms with Crippen LogP contribution in [0, 0.1) is 11.8 Å². The third kappa shape index (κ3) is 8.98. The lowest BCUT2D eigenvalue weighted by Crippen LogP contribution is -2.52. The van der Waals surface area contributed by atoms with E-state index in [4.69, 9.17) is 5.73 Å². The topological polar surface area (TPSA) is 105 Å². The highest BCUT2D eigenvalue weighted by molar-refractivity contribution is 6.03. The number of anilines is 3. The fourth-order valence-electron chi connectivity index (χ4n) is 4.83. The Morgan fingerprint density at radius 2 is 1.50 bits per heavy atom. The Morgan fingerprint density at radius 3 is 2.05 bits per heavy atom. The number of benzene rings is 2. The monoisotopic (exact) mass is 644 g/mol. The number of halogens is 10. The van der Waals surface area contributed by atoms with Crippen LogP contribution < -0.4 is 21.3 Å². The Labute approximate surface area is 243 Å². The number of nitrogens with zero attached hydrogens (tertiary/aromatic N) is 1. The summed E-state index contributed by atoms with van der Waals surface area (Å²) in [6, 6.07) is 6.24. The van der Waals surface area contributed by atoms with Gasteiger partial charge in [0, 0.05) is 41.5 Å². The van der Waals surface area contributed by atoms with Gasteiger partial charge in [-0.05, 0) is 31.0 Å². The van der Waals surface area contributed by atoms with E-state index < -0.39 is 110 Å². The Balaban J connectivity index is 2.04. The Kier molecular flexibility index (Phi) is 10.7. The van der Waals surface area contributed by atoms with Gasteiger partial charge in [0.25, 0.3) is 12.9 Å². The Morgan fingerprint density at radius 1 is 0.909 bits per heavy atom. The van der Waals surface area contributed by atoms with Gasteiger partial charge in [0.2, 0.25) is 17.7 Å². The van der Waals surface area contributed by atoms with Gasteiger partial charge in [0.05, 0.1) is 17.9 Å². The van der Waals surface area contributed by atoms with Gasteiger partial charge in [-0.3, -0.25) is 14.4 Å². The summed E-state index contributed by atoms with van der Waals surface area (Å²) >= 11 is 0. The standard InChI is InChI=1S/C27H26F10N4O3/c28-21(29)13-3-1-4-14(11-13)41-12-18(25(44)40-20-17(22(30)31)5-2-6-19(20)41)39-24(43)16(8-10-27(35,36)37)15(23(38)42)7-9-26(32,33)34/h1-6,11,15-16,18,21-22H,7-10,12H2,(H2,38,42)(H,39,43)(H,40,44)/t15-,16+,18+/m1/s1. The molecule has 0 fully saturated rings. The summed E-state index contributed by atoms with van der Waals surface area (Å²) in [5, 5.41) is 4.33. The number of alkyl halides is 10. The maximum atomic E-state index is 13.9. The second kappa shape index (κ2) is 13.7. The van der Waals surface area contributed by atoms with E-state index in [1.54, 1.807) is 0 Å². The van der Waals surface area contributed by atoms with Crippen molar-refractivity contribution in [3.05, 3.63) is 53.6 Å². The molecule has 2 aromatic rings. The van der Waals surface area contributed by atoms with Crippen molar-refractivity contribution in [3.8, 4) is 0 Å². The molecule has 0 bridgehead atoms. The van der Waals surface area contributed by atoms with E-state index in [1.165, 1.54) is 24.3 Å². The number of carbonyl (C=O) groups is 3. The van der Waals surface area contributed by atoms with Gasteiger partial charge >= 0.3 is 12.4 Å². The van der Waals surface area contributed by atoms with Crippen LogP contribution in [0.4, 0.5) is 61.0 Å². The summed E-state index contributed by atoms with van der Waals surface area (Å²) in [6.07, 6.45) is -21.4. The molecule has 17 heteroatoms. The molecule has 4 N–H and O–H groups in total. The number of carbonyl (C=O) groups excluding carboxylic acids is 3. The van der Waals surface area contributed by atoms with Crippen LogP contribution in [0.15, 0.2) is 42.5 Å². The fraction of sp³-hybridized carbons (Fsp3) is 0.444. The number of para-hydroxylation sites is 1. The number of nitrogens with one attached hydrogen (secondary N) is 2. The molecule has 1 aliphatic rings. The van der Waals surface area contributed by atoms with Crippen LogP contribution in [0.1, 0.15) is 49.7 Å². The molecule has 0 saturated carbocycles. The van der Waals surface area contributed by atoms with E-state index in [0.29, 0.717) is 0 Å². The van der Waals surface area contributed by atoms with E-state index in [0.717, 1.165) is 23.1 Å². The zero-order valence-electron chi connectivity index (χ0n) is 22.5. The minimum atomic E-state index is -4.88. The minimum Gasteiger partial charge on any atom is -0.369 e. The molecule has 3 atom stereocenters. The largest absolute Gasteiger partial charge is 0.389 e. The van der Waals surface area contributed by atoms with Crippen LogP contribution in [0.2, 0.25) is 0 Å². The SMILES string of the molecule is NC(=O)[C@H](CCC(F)(F)F)[C@H](CCC(F)(F)F)C(=O)N[C@H]1CN(c2cccc(C(F)F)c2)c2cccc(C(F)F)c2NC1=O. The van der Waals surface area contributed by atoms with E-state index in [2.05, 4.69) is 10.6 Å². The molecule has 3 rings (SSSR count). The number of amides is 3. The van der Waals surface area contributed by atoms with E-state index >= 15 is 0 Å². The van der Waals surface area contributed by atoms with Crippen molar-refractivity contribution in [1.29, 1.82) is 0 Å². The maximum absolute atomic E-state index is 13.9. The first-order chi connectivity index (χ1) is 20.4. The van der Waals surface area contributed by atoms with E-state index in [9.17, 15) is 58.3 Å². The van der Waals surface area contributed by atoms with Crippen LogP contribution in [-0.2, 0) is 14.4 Å². The molecular formula is C27H26F10N4O3. The molecular weight excluding hydrogens is 618 g/mol. The van der Waals surface area contributed by atoms with Crippen molar-refractivity contribution >= 4 is 34.8 Å². The molecule has 44 heavy (non-hydrogen) atoms. The third-order valence-corrected chi connectivity index (χ3v) is 6.95. The second-order valence-electron chi connectivity index (χ2n) is 10.0. The lowest BCUT2D eigenvalue weighted by atomic mass is 9.83. The average molecular weight is 645 g/mol. The predicted molar refractivity (Wildman–Crippen MR) is 137 cm³/mol. The quantitative estimate of drug-likeness (QED) is 0.242. The molecule has 0 saturated heterocycles. The second-order valence-corrected chi connectivity index (χ2v) is 10.0. The Hall–Kier alpha value is -4.05. The van der Waals surface area contributed by atoms with Gasteiger partial charge in [0.1, 0.15) is 6.04 Å². The number of rotatable bonds is 11. The molecule has 0 aliphatic carbocycles. The molecule has 1 heterocycles. The Bertz CT molecular complexity index is 1350. The lowest BCUT2D eigenvalue weighted by Gasteiger charge is -2.30. The molecule has 0 unspecified atom stereocenters. The van der Waals surface area contributed by atoms with Gasteiger partial charge in [-0.1, -0.05) is 24.3 Å². The number of nitrogens with two attached hydrogens (primary N) is 1. The predicted octanol–water partition coefficient (Wildman–Crippen LogP) is 6.54. The fourth-order valence-corrected chi connectivity index (χ4v) is 4.83. The highest BCUT2D eigenvalue weighted by Gasteiger charge is 2.41. The van der Waals surface area contributed by atoms with Gasteiger partial charge in [0.15, 0.2) is 0 Å².